The maximum absolute atomic E-state index is 8.33. The summed E-state index contributed by atoms with van der Waals surface area (Å²) in [6, 6.07) is 0. The molecule has 0 saturated carbocycles. The molecule has 10 heavy (non-hydrogen) atoms. The van der Waals surface area contributed by atoms with Crippen molar-refractivity contribution in [3.8, 4) is 11.8 Å². The van der Waals surface area contributed by atoms with Crippen molar-refractivity contribution in [2.75, 3.05) is 6.61 Å². The number of nitrogens with zero attached hydrogens (tertiary/aromatic N) is 1. The average Bonchev–Trinajstić information content (AvgIpc) is 2.31. The van der Waals surface area contributed by atoms with Crippen molar-refractivity contribution in [1.82, 2.24) is 9.97 Å². The highest BCUT2D eigenvalue weighted by atomic mass is 16.2. The number of aryl methyl sites for hydroxylation is 1. The van der Waals surface area contributed by atoms with Gasteiger partial charge in [-0.05, 0) is 12.8 Å². The van der Waals surface area contributed by atoms with Crippen molar-refractivity contribution in [1.29, 1.82) is 0 Å². The van der Waals surface area contributed by atoms with E-state index < -0.39 is 0 Å². The van der Waals surface area contributed by atoms with E-state index in [4.69, 9.17) is 5.11 Å². The molecular formula is C7H8N2O. The Morgan fingerprint density at radius 2 is 2.60 bits per heavy atom. The van der Waals surface area contributed by atoms with Gasteiger partial charge in [-0.3, -0.25) is 0 Å². The number of hydrogen-bond donors (Lipinski definition) is 2. The highest BCUT2D eigenvalue weighted by Crippen LogP contribution is 1.91. The van der Waals surface area contributed by atoms with Gasteiger partial charge in [-0.15, -0.1) is 0 Å². The highest BCUT2D eigenvalue weighted by Gasteiger charge is 1.88. The Hall–Kier alpha value is -1.27. The fourth-order valence-electron chi connectivity index (χ4n) is 0.619. The summed E-state index contributed by atoms with van der Waals surface area (Å²) in [5, 5.41) is 8.33. The third kappa shape index (κ3) is 1.61. The Morgan fingerprint density at radius 3 is 3.10 bits per heavy atom. The number of rotatable bonds is 0. The first kappa shape index (κ1) is 6.84. The van der Waals surface area contributed by atoms with Crippen molar-refractivity contribution < 1.29 is 5.11 Å². The second-order valence-electron chi connectivity index (χ2n) is 1.84. The van der Waals surface area contributed by atoms with Gasteiger partial charge in [0.25, 0.3) is 0 Å². The normalized spacial score (nSPS) is 8.60. The maximum atomic E-state index is 8.33. The molecule has 0 bridgehead atoms. The van der Waals surface area contributed by atoms with Crippen LogP contribution >= 0.6 is 0 Å². The van der Waals surface area contributed by atoms with E-state index >= 15 is 0 Å². The first-order valence-electron chi connectivity index (χ1n) is 2.94. The lowest BCUT2D eigenvalue weighted by Gasteiger charge is -1.76. The number of aromatic amines is 1. The van der Waals surface area contributed by atoms with Crippen LogP contribution in [0.1, 0.15) is 11.5 Å². The lowest BCUT2D eigenvalue weighted by atomic mass is 10.5. The summed E-state index contributed by atoms with van der Waals surface area (Å²) in [5.41, 5.74) is 0.742. The van der Waals surface area contributed by atoms with Gasteiger partial charge in [0.2, 0.25) is 0 Å². The zero-order valence-corrected chi connectivity index (χ0v) is 5.68. The van der Waals surface area contributed by atoms with Crippen molar-refractivity contribution >= 4 is 0 Å². The molecule has 0 amide bonds. The molecule has 0 spiro atoms. The topological polar surface area (TPSA) is 48.9 Å². The van der Waals surface area contributed by atoms with Gasteiger partial charge in [-0.1, -0.05) is 5.92 Å². The fourth-order valence-corrected chi connectivity index (χ4v) is 0.619. The number of H-pyrrole nitrogens is 1. The summed E-state index contributed by atoms with van der Waals surface area (Å²) in [7, 11) is 0. The minimum Gasteiger partial charge on any atom is -0.384 e. The number of aliphatic hydroxyl groups is 1. The molecule has 1 aromatic heterocycles. The maximum Gasteiger partial charge on any atom is 0.109 e. The Balaban J connectivity index is 2.76. The van der Waals surface area contributed by atoms with E-state index in [1.54, 1.807) is 6.20 Å². The van der Waals surface area contributed by atoms with E-state index in [0.717, 1.165) is 11.5 Å². The molecule has 0 aliphatic heterocycles. The van der Waals surface area contributed by atoms with Crippen LogP contribution in [-0.4, -0.2) is 21.7 Å². The molecule has 1 rings (SSSR count). The van der Waals surface area contributed by atoms with Gasteiger partial charge in [-0.2, -0.15) is 0 Å². The number of aromatic nitrogens is 2. The molecule has 52 valence electrons. The Kier molecular flexibility index (Phi) is 2.08. The average molecular weight is 136 g/mol. The lowest BCUT2D eigenvalue weighted by Crippen LogP contribution is -1.76. The summed E-state index contributed by atoms with van der Waals surface area (Å²) in [4.78, 5) is 6.84. The first-order valence-corrected chi connectivity index (χ1v) is 2.94. The van der Waals surface area contributed by atoms with Crippen LogP contribution in [0.4, 0.5) is 0 Å². The van der Waals surface area contributed by atoms with Crippen LogP contribution in [-0.2, 0) is 0 Å². The van der Waals surface area contributed by atoms with Crippen molar-refractivity contribution in [2.45, 2.75) is 6.92 Å². The third-order valence-electron chi connectivity index (χ3n) is 1.00. The van der Waals surface area contributed by atoms with Crippen LogP contribution in [0, 0.1) is 18.8 Å². The Morgan fingerprint density at radius 1 is 1.80 bits per heavy atom. The van der Waals surface area contributed by atoms with E-state index in [1.165, 1.54) is 0 Å². The van der Waals surface area contributed by atoms with Gasteiger partial charge >= 0.3 is 0 Å². The summed E-state index contributed by atoms with van der Waals surface area (Å²) in [6.45, 7) is 1.74. The smallest absolute Gasteiger partial charge is 0.109 e. The number of hydrogen-bond acceptors (Lipinski definition) is 2. The molecule has 1 heterocycles. The SMILES string of the molecule is Cc1ncc(C#CCO)[nH]1. The molecule has 0 aliphatic rings. The van der Waals surface area contributed by atoms with Gasteiger partial charge in [0.05, 0.1) is 6.20 Å². The van der Waals surface area contributed by atoms with E-state index in [9.17, 15) is 0 Å². The molecule has 1 aromatic rings. The fraction of sp³-hybridized carbons (Fsp3) is 0.286. The molecule has 0 unspecified atom stereocenters. The number of aliphatic hydroxyl groups excluding tert-OH is 1. The Bertz CT molecular complexity index is 267. The van der Waals surface area contributed by atoms with Crippen molar-refractivity contribution in [3.63, 3.8) is 0 Å². The van der Waals surface area contributed by atoms with Crippen LogP contribution in [0.2, 0.25) is 0 Å². The quantitative estimate of drug-likeness (QED) is 0.495. The van der Waals surface area contributed by atoms with Crippen LogP contribution < -0.4 is 0 Å². The lowest BCUT2D eigenvalue weighted by molar-refractivity contribution is 0.350. The largest absolute Gasteiger partial charge is 0.384 e. The summed E-state index contributed by atoms with van der Waals surface area (Å²) in [6.07, 6.45) is 1.64. The van der Waals surface area contributed by atoms with E-state index in [0.29, 0.717) is 0 Å². The van der Waals surface area contributed by atoms with Crippen molar-refractivity contribution in [3.05, 3.63) is 17.7 Å². The van der Waals surface area contributed by atoms with Gasteiger partial charge in [-0.25, -0.2) is 4.98 Å². The number of imidazole rings is 1. The highest BCUT2D eigenvalue weighted by molar-refractivity contribution is 5.25. The van der Waals surface area contributed by atoms with Crippen molar-refractivity contribution in [2.24, 2.45) is 0 Å². The molecular weight excluding hydrogens is 128 g/mol. The molecule has 2 N–H and O–H groups in total. The van der Waals surface area contributed by atoms with Gasteiger partial charge < -0.3 is 10.1 Å². The minimum absolute atomic E-state index is 0.113. The van der Waals surface area contributed by atoms with Crippen LogP contribution in [0.5, 0.6) is 0 Å². The number of nitrogens with one attached hydrogen (secondary N) is 1. The van der Waals surface area contributed by atoms with Crippen LogP contribution in [0.3, 0.4) is 0 Å². The zero-order valence-electron chi connectivity index (χ0n) is 5.68. The third-order valence-corrected chi connectivity index (χ3v) is 1.00. The second kappa shape index (κ2) is 3.04. The minimum atomic E-state index is -0.113. The van der Waals surface area contributed by atoms with Crippen LogP contribution in [0.25, 0.3) is 0 Å². The Labute approximate surface area is 59.1 Å². The predicted octanol–water partition coefficient (Wildman–Crippen LogP) is 0.0619. The molecule has 3 nitrogen and oxygen atoms in total. The van der Waals surface area contributed by atoms with Gasteiger partial charge in [0.15, 0.2) is 0 Å². The molecule has 0 aliphatic carbocycles. The summed E-state index contributed by atoms with van der Waals surface area (Å²) in [5.74, 6) is 6.04. The predicted molar refractivity (Wildman–Crippen MR) is 37.3 cm³/mol. The molecule has 0 saturated heterocycles. The summed E-state index contributed by atoms with van der Waals surface area (Å²) >= 11 is 0. The molecule has 0 radical (unpaired) electrons. The second-order valence-corrected chi connectivity index (χ2v) is 1.84. The monoisotopic (exact) mass is 136 g/mol. The van der Waals surface area contributed by atoms with E-state index in [-0.39, 0.29) is 6.61 Å². The standard InChI is InChI=1S/C7H8N2O/c1-6-8-5-7(9-6)3-2-4-10/h5,10H,4H2,1H3,(H,8,9). The summed E-state index contributed by atoms with van der Waals surface area (Å²) < 4.78 is 0. The van der Waals surface area contributed by atoms with Gasteiger partial charge in [0.1, 0.15) is 18.1 Å². The molecule has 0 atom stereocenters. The van der Waals surface area contributed by atoms with E-state index in [2.05, 4.69) is 21.8 Å². The molecule has 3 heteroatoms. The molecule has 0 fully saturated rings. The molecule has 0 aromatic carbocycles. The first-order chi connectivity index (χ1) is 4.83. The van der Waals surface area contributed by atoms with Crippen LogP contribution in [0.15, 0.2) is 6.20 Å². The van der Waals surface area contributed by atoms with E-state index in [1.807, 2.05) is 6.92 Å². The van der Waals surface area contributed by atoms with Gasteiger partial charge in [0, 0.05) is 0 Å². The zero-order chi connectivity index (χ0) is 7.40.